The second-order valence-corrected chi connectivity index (χ2v) is 6.18. The zero-order chi connectivity index (χ0) is 14.7. The van der Waals surface area contributed by atoms with Gasteiger partial charge in [0.05, 0.1) is 0 Å². The molecule has 0 unspecified atom stereocenters. The molecular formula is C15H26N6. The fourth-order valence-electron chi connectivity index (χ4n) is 3.29. The van der Waals surface area contributed by atoms with Crippen molar-refractivity contribution in [3.8, 4) is 0 Å². The largest absolute Gasteiger partial charge is 0.368 e. The van der Waals surface area contributed by atoms with E-state index in [1.807, 2.05) is 0 Å². The summed E-state index contributed by atoms with van der Waals surface area (Å²) >= 11 is 0. The Morgan fingerprint density at radius 2 is 1.48 bits per heavy atom. The predicted octanol–water partition coefficient (Wildman–Crippen LogP) is 2.07. The Balaban J connectivity index is 1.74. The van der Waals surface area contributed by atoms with Crippen LogP contribution in [0.25, 0.3) is 0 Å². The topological polar surface area (TPSA) is 71.2 Å². The third-order valence-electron chi connectivity index (χ3n) is 4.74. The zero-order valence-corrected chi connectivity index (χ0v) is 13.0. The molecule has 1 aromatic rings. The van der Waals surface area contributed by atoms with Gasteiger partial charge in [-0.25, -0.2) is 0 Å². The number of rotatable bonds is 3. The summed E-state index contributed by atoms with van der Waals surface area (Å²) in [4.78, 5) is 17.9. The third kappa shape index (κ3) is 3.36. The summed E-state index contributed by atoms with van der Waals surface area (Å²) in [5.41, 5.74) is 5.91. The average Bonchev–Trinajstić information content (AvgIpc) is 2.55. The van der Waals surface area contributed by atoms with Gasteiger partial charge in [-0.05, 0) is 38.0 Å². The fourth-order valence-corrected chi connectivity index (χ4v) is 3.29. The zero-order valence-electron chi connectivity index (χ0n) is 13.0. The van der Waals surface area contributed by atoms with Gasteiger partial charge in [-0.15, -0.1) is 0 Å². The average molecular weight is 290 g/mol. The first kappa shape index (κ1) is 14.4. The number of nitrogens with two attached hydrogens (primary N) is 1. The number of piperidine rings is 2. The number of aromatic nitrogens is 3. The highest BCUT2D eigenvalue weighted by molar-refractivity contribution is 5.44. The summed E-state index contributed by atoms with van der Waals surface area (Å²) in [5, 5.41) is 0. The number of nitrogen functional groups attached to an aromatic ring is 1. The van der Waals surface area contributed by atoms with Gasteiger partial charge in [0.2, 0.25) is 17.8 Å². The van der Waals surface area contributed by atoms with Gasteiger partial charge < -0.3 is 15.5 Å². The van der Waals surface area contributed by atoms with Gasteiger partial charge in [-0.2, -0.15) is 15.0 Å². The molecule has 2 N–H and O–H groups in total. The molecule has 0 saturated carbocycles. The smallest absolute Gasteiger partial charge is 0.231 e. The highest BCUT2D eigenvalue weighted by Gasteiger charge is 2.22. The number of anilines is 3. The van der Waals surface area contributed by atoms with E-state index < -0.39 is 0 Å². The van der Waals surface area contributed by atoms with Gasteiger partial charge in [0.1, 0.15) is 0 Å². The van der Waals surface area contributed by atoms with Crippen molar-refractivity contribution in [1.82, 2.24) is 15.0 Å². The SMILES string of the molecule is CCC1CCN(c2nc(N)nc(N3CCCCC3)n2)CC1. The van der Waals surface area contributed by atoms with E-state index >= 15 is 0 Å². The summed E-state index contributed by atoms with van der Waals surface area (Å²) in [6.45, 7) is 6.39. The second kappa shape index (κ2) is 6.45. The van der Waals surface area contributed by atoms with Crippen LogP contribution in [0.15, 0.2) is 0 Å². The summed E-state index contributed by atoms with van der Waals surface area (Å²) < 4.78 is 0. The number of hydrogen-bond donors (Lipinski definition) is 1. The first-order valence-electron chi connectivity index (χ1n) is 8.27. The lowest BCUT2D eigenvalue weighted by atomic mass is 9.95. The van der Waals surface area contributed by atoms with Crippen LogP contribution in [-0.4, -0.2) is 41.1 Å². The molecule has 0 bridgehead atoms. The molecule has 116 valence electrons. The summed E-state index contributed by atoms with van der Waals surface area (Å²) in [7, 11) is 0. The van der Waals surface area contributed by atoms with E-state index in [1.54, 1.807) is 0 Å². The van der Waals surface area contributed by atoms with Gasteiger partial charge in [0.15, 0.2) is 0 Å². The van der Waals surface area contributed by atoms with Crippen molar-refractivity contribution in [2.75, 3.05) is 41.7 Å². The van der Waals surface area contributed by atoms with Crippen LogP contribution in [0.4, 0.5) is 17.8 Å². The van der Waals surface area contributed by atoms with Crippen LogP contribution in [0.2, 0.25) is 0 Å². The summed E-state index contributed by atoms with van der Waals surface area (Å²) in [6, 6.07) is 0. The van der Waals surface area contributed by atoms with Crippen molar-refractivity contribution in [3.63, 3.8) is 0 Å². The monoisotopic (exact) mass is 290 g/mol. The Hall–Kier alpha value is -1.59. The highest BCUT2D eigenvalue weighted by Crippen LogP contribution is 2.25. The van der Waals surface area contributed by atoms with Crippen molar-refractivity contribution >= 4 is 17.8 Å². The molecule has 2 saturated heterocycles. The van der Waals surface area contributed by atoms with Gasteiger partial charge in [0, 0.05) is 26.2 Å². The van der Waals surface area contributed by atoms with Crippen LogP contribution in [0.3, 0.4) is 0 Å². The van der Waals surface area contributed by atoms with Crippen LogP contribution in [0.5, 0.6) is 0 Å². The molecular weight excluding hydrogens is 264 g/mol. The van der Waals surface area contributed by atoms with Gasteiger partial charge in [-0.1, -0.05) is 13.3 Å². The summed E-state index contributed by atoms with van der Waals surface area (Å²) in [6.07, 6.45) is 7.44. The molecule has 6 nitrogen and oxygen atoms in total. The van der Waals surface area contributed by atoms with Crippen molar-refractivity contribution in [2.45, 2.75) is 45.4 Å². The number of nitrogens with zero attached hydrogens (tertiary/aromatic N) is 5. The Morgan fingerprint density at radius 1 is 0.905 bits per heavy atom. The summed E-state index contributed by atoms with van der Waals surface area (Å²) in [5.74, 6) is 2.72. The van der Waals surface area contributed by atoms with Crippen LogP contribution >= 0.6 is 0 Å². The second-order valence-electron chi connectivity index (χ2n) is 6.18. The van der Waals surface area contributed by atoms with E-state index in [9.17, 15) is 0 Å². The molecule has 21 heavy (non-hydrogen) atoms. The standard InChI is InChI=1S/C15H26N6/c1-2-12-6-10-21(11-7-12)15-18-13(16)17-14(19-15)20-8-4-3-5-9-20/h12H,2-11H2,1H3,(H2,16,17,18,19). The van der Waals surface area contributed by atoms with Crippen molar-refractivity contribution in [2.24, 2.45) is 5.92 Å². The fraction of sp³-hybridized carbons (Fsp3) is 0.800. The molecule has 2 fully saturated rings. The molecule has 0 radical (unpaired) electrons. The maximum absolute atomic E-state index is 5.91. The van der Waals surface area contributed by atoms with Crippen LogP contribution in [0, 0.1) is 5.92 Å². The molecule has 2 aliphatic heterocycles. The normalized spacial score (nSPS) is 20.8. The molecule has 0 spiro atoms. The van der Waals surface area contributed by atoms with E-state index in [1.165, 1.54) is 38.5 Å². The number of hydrogen-bond acceptors (Lipinski definition) is 6. The van der Waals surface area contributed by atoms with Crippen LogP contribution < -0.4 is 15.5 Å². The van der Waals surface area contributed by atoms with Gasteiger partial charge >= 0.3 is 0 Å². The maximum Gasteiger partial charge on any atom is 0.231 e. The predicted molar refractivity (Wildman–Crippen MR) is 85.5 cm³/mol. The van der Waals surface area contributed by atoms with E-state index in [2.05, 4.69) is 31.7 Å². The minimum Gasteiger partial charge on any atom is -0.368 e. The lowest BCUT2D eigenvalue weighted by molar-refractivity contribution is 0.392. The van der Waals surface area contributed by atoms with Crippen molar-refractivity contribution in [1.29, 1.82) is 0 Å². The Kier molecular flexibility index (Phi) is 4.41. The Morgan fingerprint density at radius 3 is 2.05 bits per heavy atom. The first-order chi connectivity index (χ1) is 10.3. The minimum atomic E-state index is 0.346. The van der Waals surface area contributed by atoms with Crippen LogP contribution in [-0.2, 0) is 0 Å². The molecule has 1 aromatic heterocycles. The molecule has 2 aliphatic rings. The maximum atomic E-state index is 5.91. The molecule has 0 aliphatic carbocycles. The van der Waals surface area contributed by atoms with Crippen molar-refractivity contribution in [3.05, 3.63) is 0 Å². The molecule has 6 heteroatoms. The minimum absolute atomic E-state index is 0.346. The highest BCUT2D eigenvalue weighted by atomic mass is 15.4. The first-order valence-corrected chi connectivity index (χ1v) is 8.27. The van der Waals surface area contributed by atoms with E-state index in [0.717, 1.165) is 44.0 Å². The molecule has 0 aromatic carbocycles. The third-order valence-corrected chi connectivity index (χ3v) is 4.74. The molecule has 0 amide bonds. The lowest BCUT2D eigenvalue weighted by Gasteiger charge is -2.32. The Labute approximate surface area is 126 Å². The van der Waals surface area contributed by atoms with Gasteiger partial charge in [0.25, 0.3) is 0 Å². The quantitative estimate of drug-likeness (QED) is 0.919. The van der Waals surface area contributed by atoms with Crippen molar-refractivity contribution < 1.29 is 0 Å². The molecule has 3 heterocycles. The van der Waals surface area contributed by atoms with E-state index in [0.29, 0.717) is 5.95 Å². The van der Waals surface area contributed by atoms with Gasteiger partial charge in [-0.3, -0.25) is 0 Å². The Bertz CT molecular complexity index is 463. The molecule has 0 atom stereocenters. The lowest BCUT2D eigenvalue weighted by Crippen LogP contribution is -2.36. The van der Waals surface area contributed by atoms with E-state index in [4.69, 9.17) is 5.73 Å². The van der Waals surface area contributed by atoms with Crippen LogP contribution in [0.1, 0.15) is 45.4 Å². The van der Waals surface area contributed by atoms with E-state index in [-0.39, 0.29) is 0 Å². The molecule has 3 rings (SSSR count).